The minimum absolute atomic E-state index is 0.00916. The lowest BCUT2D eigenvalue weighted by atomic mass is 10.1. The minimum atomic E-state index is -0.504. The fourth-order valence-corrected chi connectivity index (χ4v) is 1.93. The molecule has 2 aromatic rings. The van der Waals surface area contributed by atoms with Crippen molar-refractivity contribution >= 4 is 22.8 Å². The normalized spacial score (nSPS) is 10.9. The molecule has 0 aliphatic rings. The van der Waals surface area contributed by atoms with Crippen LogP contribution >= 0.6 is 0 Å². The van der Waals surface area contributed by atoms with Gasteiger partial charge in [-0.3, -0.25) is 9.59 Å². The second-order valence-corrected chi connectivity index (χ2v) is 5.48. The van der Waals surface area contributed by atoms with E-state index < -0.39 is 5.97 Å². The van der Waals surface area contributed by atoms with E-state index in [0.29, 0.717) is 23.6 Å². The zero-order valence-corrected chi connectivity index (χ0v) is 12.6. The number of aromatic hydroxyl groups is 1. The lowest BCUT2D eigenvalue weighted by Crippen LogP contribution is -2.31. The van der Waals surface area contributed by atoms with Crippen LogP contribution < -0.4 is 5.32 Å². The van der Waals surface area contributed by atoms with E-state index >= 15 is 0 Å². The first-order valence-corrected chi connectivity index (χ1v) is 7.07. The Bertz CT molecular complexity index is 674. The molecule has 0 bridgehead atoms. The number of hydrogen-bond donors (Lipinski definition) is 2. The molecule has 0 fully saturated rings. The van der Waals surface area contributed by atoms with Crippen LogP contribution in [0, 0.1) is 5.92 Å². The van der Waals surface area contributed by atoms with E-state index in [0.717, 1.165) is 5.39 Å². The third-order valence-electron chi connectivity index (χ3n) is 3.05. The Morgan fingerprint density at radius 1 is 1.36 bits per heavy atom. The van der Waals surface area contributed by atoms with Crippen molar-refractivity contribution in [2.75, 3.05) is 13.2 Å². The van der Waals surface area contributed by atoms with Crippen molar-refractivity contribution in [3.05, 3.63) is 30.0 Å². The number of hydrogen-bond acceptors (Lipinski definition) is 5. The number of furan rings is 1. The van der Waals surface area contributed by atoms with Crippen LogP contribution in [-0.4, -0.2) is 30.1 Å². The second-order valence-electron chi connectivity index (χ2n) is 5.48. The fourth-order valence-electron chi connectivity index (χ4n) is 1.93. The van der Waals surface area contributed by atoms with Crippen LogP contribution in [0.3, 0.4) is 0 Å². The maximum atomic E-state index is 11.8. The molecule has 22 heavy (non-hydrogen) atoms. The van der Waals surface area contributed by atoms with Gasteiger partial charge in [0, 0.05) is 23.6 Å². The molecule has 1 amide bonds. The maximum Gasteiger partial charge on any atom is 0.310 e. The SMILES string of the molecule is CC(C)CNC(=O)COC(=O)Cc1coc2cc(O)ccc12. The van der Waals surface area contributed by atoms with E-state index in [1.807, 2.05) is 13.8 Å². The van der Waals surface area contributed by atoms with Gasteiger partial charge in [-0.05, 0) is 18.1 Å². The molecule has 0 atom stereocenters. The van der Waals surface area contributed by atoms with Gasteiger partial charge in [-0.15, -0.1) is 0 Å². The number of esters is 1. The Morgan fingerprint density at radius 2 is 2.14 bits per heavy atom. The number of phenolic OH excluding ortho intramolecular Hbond substituents is 1. The summed E-state index contributed by atoms with van der Waals surface area (Å²) in [5.41, 5.74) is 1.15. The number of phenols is 1. The van der Waals surface area contributed by atoms with E-state index in [1.165, 1.54) is 18.4 Å². The molecule has 0 saturated carbocycles. The predicted octanol–water partition coefficient (Wildman–Crippen LogP) is 2.00. The Labute approximate surface area is 128 Å². The van der Waals surface area contributed by atoms with Gasteiger partial charge in [-0.2, -0.15) is 0 Å². The molecule has 2 N–H and O–H groups in total. The van der Waals surface area contributed by atoms with Crippen LogP contribution in [-0.2, 0) is 20.7 Å². The number of benzene rings is 1. The molecule has 6 nitrogen and oxygen atoms in total. The highest BCUT2D eigenvalue weighted by Gasteiger charge is 2.13. The average molecular weight is 305 g/mol. The molecular formula is C16H19NO5. The predicted molar refractivity (Wildman–Crippen MR) is 80.4 cm³/mol. The van der Waals surface area contributed by atoms with Crippen molar-refractivity contribution in [3.63, 3.8) is 0 Å². The Kier molecular flexibility index (Phi) is 5.04. The van der Waals surface area contributed by atoms with Crippen LogP contribution in [0.1, 0.15) is 19.4 Å². The third kappa shape index (κ3) is 4.25. The lowest BCUT2D eigenvalue weighted by Gasteiger charge is -2.08. The van der Waals surface area contributed by atoms with E-state index in [-0.39, 0.29) is 24.7 Å². The number of rotatable bonds is 6. The van der Waals surface area contributed by atoms with Crippen molar-refractivity contribution in [1.82, 2.24) is 5.32 Å². The van der Waals surface area contributed by atoms with Gasteiger partial charge in [-0.25, -0.2) is 0 Å². The summed E-state index contributed by atoms with van der Waals surface area (Å²) in [5.74, 6) is -0.384. The van der Waals surface area contributed by atoms with Gasteiger partial charge in [-0.1, -0.05) is 13.8 Å². The Balaban J connectivity index is 1.87. The van der Waals surface area contributed by atoms with Crippen LogP contribution in [0.25, 0.3) is 11.0 Å². The molecule has 1 heterocycles. The standard InChI is InChI=1S/C16H19NO5/c1-10(2)7-17-15(19)9-22-16(20)5-11-8-21-14-6-12(18)3-4-13(11)14/h3-4,6,8,10,18H,5,7,9H2,1-2H3,(H,17,19). The van der Waals surface area contributed by atoms with Gasteiger partial charge >= 0.3 is 5.97 Å². The Morgan fingerprint density at radius 3 is 2.86 bits per heavy atom. The number of carbonyl (C=O) groups excluding carboxylic acids is 2. The summed E-state index contributed by atoms with van der Waals surface area (Å²) in [6, 6.07) is 4.67. The van der Waals surface area contributed by atoms with Gasteiger partial charge < -0.3 is 19.6 Å². The highest BCUT2D eigenvalue weighted by atomic mass is 16.5. The number of fused-ring (bicyclic) bond motifs is 1. The number of nitrogens with one attached hydrogen (secondary N) is 1. The molecule has 0 saturated heterocycles. The molecule has 0 aliphatic heterocycles. The van der Waals surface area contributed by atoms with Crippen molar-refractivity contribution in [2.24, 2.45) is 5.92 Å². The van der Waals surface area contributed by atoms with E-state index in [4.69, 9.17) is 9.15 Å². The number of ether oxygens (including phenoxy) is 1. The van der Waals surface area contributed by atoms with Gasteiger partial charge in [0.1, 0.15) is 11.3 Å². The average Bonchev–Trinajstić information content (AvgIpc) is 2.85. The molecule has 1 aromatic carbocycles. The summed E-state index contributed by atoms with van der Waals surface area (Å²) in [6.07, 6.45) is 1.46. The maximum absolute atomic E-state index is 11.8. The van der Waals surface area contributed by atoms with Crippen molar-refractivity contribution in [2.45, 2.75) is 20.3 Å². The van der Waals surface area contributed by atoms with E-state index in [2.05, 4.69) is 5.32 Å². The minimum Gasteiger partial charge on any atom is -0.508 e. The first-order chi connectivity index (χ1) is 10.5. The van der Waals surface area contributed by atoms with Crippen LogP contribution in [0.2, 0.25) is 0 Å². The quantitative estimate of drug-likeness (QED) is 0.797. The molecule has 1 aromatic heterocycles. The molecule has 0 radical (unpaired) electrons. The van der Waals surface area contributed by atoms with Gasteiger partial charge in [0.25, 0.3) is 5.91 Å². The first-order valence-electron chi connectivity index (χ1n) is 7.07. The van der Waals surface area contributed by atoms with Crippen molar-refractivity contribution in [3.8, 4) is 5.75 Å². The fraction of sp³-hybridized carbons (Fsp3) is 0.375. The summed E-state index contributed by atoms with van der Waals surface area (Å²) < 4.78 is 10.2. The highest BCUT2D eigenvalue weighted by Crippen LogP contribution is 2.25. The van der Waals surface area contributed by atoms with Crippen molar-refractivity contribution in [1.29, 1.82) is 0 Å². The number of amides is 1. The van der Waals surface area contributed by atoms with Gasteiger partial charge in [0.15, 0.2) is 6.61 Å². The van der Waals surface area contributed by atoms with E-state index in [9.17, 15) is 14.7 Å². The summed E-state index contributed by atoms with van der Waals surface area (Å²) in [4.78, 5) is 23.2. The summed E-state index contributed by atoms with van der Waals surface area (Å²) in [7, 11) is 0. The van der Waals surface area contributed by atoms with E-state index in [1.54, 1.807) is 6.07 Å². The summed E-state index contributed by atoms with van der Waals surface area (Å²) >= 11 is 0. The Hall–Kier alpha value is -2.50. The second kappa shape index (κ2) is 6.98. The smallest absolute Gasteiger partial charge is 0.310 e. The number of carbonyl (C=O) groups is 2. The first kappa shape index (κ1) is 15.9. The monoisotopic (exact) mass is 305 g/mol. The molecule has 6 heteroatoms. The lowest BCUT2D eigenvalue weighted by molar-refractivity contribution is -0.147. The van der Waals surface area contributed by atoms with Crippen molar-refractivity contribution < 1.29 is 23.8 Å². The highest BCUT2D eigenvalue weighted by molar-refractivity contribution is 5.87. The zero-order chi connectivity index (χ0) is 16.1. The van der Waals surface area contributed by atoms with Crippen LogP contribution in [0.5, 0.6) is 5.75 Å². The van der Waals surface area contributed by atoms with Gasteiger partial charge in [0.05, 0.1) is 12.7 Å². The molecule has 0 spiro atoms. The van der Waals surface area contributed by atoms with Gasteiger partial charge in [0.2, 0.25) is 0 Å². The van der Waals surface area contributed by atoms with Crippen LogP contribution in [0.4, 0.5) is 0 Å². The zero-order valence-electron chi connectivity index (χ0n) is 12.6. The van der Waals surface area contributed by atoms with Crippen LogP contribution in [0.15, 0.2) is 28.9 Å². The molecule has 0 unspecified atom stereocenters. The molecule has 118 valence electrons. The topological polar surface area (TPSA) is 88.8 Å². The summed E-state index contributed by atoms with van der Waals surface area (Å²) in [6.45, 7) is 4.22. The molecular weight excluding hydrogens is 286 g/mol. The molecule has 0 aliphatic carbocycles. The summed E-state index contributed by atoms with van der Waals surface area (Å²) in [5, 5.41) is 12.8. The third-order valence-corrected chi connectivity index (χ3v) is 3.05. The molecule has 2 rings (SSSR count). The largest absolute Gasteiger partial charge is 0.508 e.